The standard InChI is InChI=1S/C19H16F3N5OS/c1-10-15(17(28)25-13-6-3-5-12(9-13)19(20,21)22)16(14-7-4-8-29-14)27-18(23-10)24-11(2)26-27/h3-9,16H,1-2H3,(H,25,28)(H,23,24,26). The van der Waals surface area contributed by atoms with E-state index in [0.29, 0.717) is 23.0 Å². The number of thiophene rings is 1. The van der Waals surface area contributed by atoms with Crippen molar-refractivity contribution in [3.05, 3.63) is 69.3 Å². The lowest BCUT2D eigenvalue weighted by atomic mass is 10.0. The Morgan fingerprint density at radius 3 is 2.72 bits per heavy atom. The molecule has 4 rings (SSSR count). The predicted octanol–water partition coefficient (Wildman–Crippen LogP) is 4.59. The molecule has 10 heteroatoms. The minimum atomic E-state index is -4.49. The van der Waals surface area contributed by atoms with Gasteiger partial charge in [-0.3, -0.25) is 4.79 Å². The summed E-state index contributed by atoms with van der Waals surface area (Å²) in [6.45, 7) is 3.48. The molecule has 6 nitrogen and oxygen atoms in total. The van der Waals surface area contributed by atoms with Crippen molar-refractivity contribution in [2.24, 2.45) is 0 Å². The van der Waals surface area contributed by atoms with Gasteiger partial charge in [0, 0.05) is 16.3 Å². The Morgan fingerprint density at radius 1 is 1.24 bits per heavy atom. The highest BCUT2D eigenvalue weighted by molar-refractivity contribution is 7.10. The first-order valence-corrected chi connectivity index (χ1v) is 9.55. The summed E-state index contributed by atoms with van der Waals surface area (Å²) in [4.78, 5) is 18.3. The first-order chi connectivity index (χ1) is 13.7. The molecule has 0 bridgehead atoms. The fraction of sp³-hybridized carbons (Fsp3) is 0.211. The summed E-state index contributed by atoms with van der Waals surface area (Å²) >= 11 is 1.46. The molecule has 1 aromatic carbocycles. The number of aryl methyl sites for hydroxylation is 1. The maximum atomic E-state index is 13.1. The van der Waals surface area contributed by atoms with Crippen molar-refractivity contribution in [2.45, 2.75) is 26.1 Å². The number of halogens is 3. The predicted molar refractivity (Wildman–Crippen MR) is 104 cm³/mol. The average molecular weight is 419 g/mol. The van der Waals surface area contributed by atoms with Crippen LogP contribution in [0.1, 0.15) is 29.2 Å². The van der Waals surface area contributed by atoms with Crippen LogP contribution >= 0.6 is 11.3 Å². The molecule has 0 fully saturated rings. The highest BCUT2D eigenvalue weighted by Gasteiger charge is 2.35. The Morgan fingerprint density at radius 2 is 2.03 bits per heavy atom. The Kier molecular flexibility index (Phi) is 4.65. The molecule has 150 valence electrons. The first kappa shape index (κ1) is 19.2. The van der Waals surface area contributed by atoms with Crippen molar-refractivity contribution in [1.29, 1.82) is 0 Å². The molecule has 2 N–H and O–H groups in total. The summed E-state index contributed by atoms with van der Waals surface area (Å²) < 4.78 is 40.6. The highest BCUT2D eigenvalue weighted by atomic mass is 32.1. The second-order valence-electron chi connectivity index (χ2n) is 6.54. The van der Waals surface area contributed by atoms with E-state index in [9.17, 15) is 18.0 Å². The summed E-state index contributed by atoms with van der Waals surface area (Å²) in [7, 11) is 0. The largest absolute Gasteiger partial charge is 0.416 e. The van der Waals surface area contributed by atoms with Crippen LogP contribution in [0.4, 0.5) is 24.8 Å². The number of amides is 1. The number of hydrogen-bond acceptors (Lipinski definition) is 5. The molecule has 1 unspecified atom stereocenters. The van der Waals surface area contributed by atoms with E-state index in [4.69, 9.17) is 0 Å². The van der Waals surface area contributed by atoms with Gasteiger partial charge in [0.2, 0.25) is 5.95 Å². The number of nitrogens with one attached hydrogen (secondary N) is 2. The van der Waals surface area contributed by atoms with Gasteiger partial charge >= 0.3 is 6.18 Å². The second-order valence-corrected chi connectivity index (χ2v) is 7.52. The van der Waals surface area contributed by atoms with Crippen LogP contribution in [-0.4, -0.2) is 20.7 Å². The maximum Gasteiger partial charge on any atom is 0.416 e. The first-order valence-electron chi connectivity index (χ1n) is 8.67. The molecule has 1 atom stereocenters. The second kappa shape index (κ2) is 7.03. The molecule has 3 aromatic rings. The summed E-state index contributed by atoms with van der Waals surface area (Å²) in [6.07, 6.45) is -4.49. The molecule has 0 spiro atoms. The van der Waals surface area contributed by atoms with Crippen LogP contribution in [0, 0.1) is 6.92 Å². The lowest BCUT2D eigenvalue weighted by molar-refractivity contribution is -0.137. The number of carbonyl (C=O) groups is 1. The molecular weight excluding hydrogens is 403 g/mol. The van der Waals surface area contributed by atoms with Crippen LogP contribution in [0.15, 0.2) is 53.0 Å². The van der Waals surface area contributed by atoms with Crippen LogP contribution in [0.5, 0.6) is 0 Å². The molecule has 0 aliphatic carbocycles. The number of anilines is 2. The molecule has 1 amide bonds. The van der Waals surface area contributed by atoms with E-state index in [1.807, 2.05) is 17.5 Å². The quantitative estimate of drug-likeness (QED) is 0.651. The van der Waals surface area contributed by atoms with E-state index < -0.39 is 23.7 Å². The van der Waals surface area contributed by atoms with Gasteiger partial charge in [-0.05, 0) is 43.5 Å². The number of carbonyl (C=O) groups excluding carboxylic acids is 1. The highest BCUT2D eigenvalue weighted by Crippen LogP contribution is 2.38. The summed E-state index contributed by atoms with van der Waals surface area (Å²) in [5, 5.41) is 11.9. The number of alkyl halides is 3. The van der Waals surface area contributed by atoms with E-state index in [1.165, 1.54) is 23.5 Å². The Hall–Kier alpha value is -3.14. The zero-order valence-corrected chi connectivity index (χ0v) is 16.2. The number of rotatable bonds is 3. The molecule has 2 aromatic heterocycles. The summed E-state index contributed by atoms with van der Waals surface area (Å²) in [5.41, 5.74) is 0.164. The molecule has 29 heavy (non-hydrogen) atoms. The van der Waals surface area contributed by atoms with Gasteiger partial charge in [0.1, 0.15) is 11.9 Å². The molecule has 1 aliphatic rings. The van der Waals surface area contributed by atoms with Crippen LogP contribution in [-0.2, 0) is 11.0 Å². The van der Waals surface area contributed by atoms with E-state index in [1.54, 1.807) is 18.5 Å². The average Bonchev–Trinajstić information content (AvgIpc) is 3.28. The van der Waals surface area contributed by atoms with Crippen molar-refractivity contribution >= 4 is 28.9 Å². The number of fused-ring (bicyclic) bond motifs is 1. The minimum Gasteiger partial charge on any atom is -0.328 e. The van der Waals surface area contributed by atoms with Crippen molar-refractivity contribution < 1.29 is 18.0 Å². The number of allylic oxidation sites excluding steroid dienone is 1. The third-order valence-corrected chi connectivity index (χ3v) is 5.39. The van der Waals surface area contributed by atoms with Gasteiger partial charge in [0.15, 0.2) is 0 Å². The summed E-state index contributed by atoms with van der Waals surface area (Å²) in [6, 6.07) is 7.77. The number of hydrogen-bond donors (Lipinski definition) is 2. The third kappa shape index (κ3) is 3.63. The van der Waals surface area contributed by atoms with Crippen LogP contribution < -0.4 is 10.6 Å². The van der Waals surface area contributed by atoms with E-state index in [2.05, 4.69) is 20.7 Å². The van der Waals surface area contributed by atoms with Crippen molar-refractivity contribution in [3.63, 3.8) is 0 Å². The lowest BCUT2D eigenvalue weighted by Gasteiger charge is -2.27. The van der Waals surface area contributed by atoms with Crippen LogP contribution in [0.25, 0.3) is 0 Å². The van der Waals surface area contributed by atoms with Crippen molar-refractivity contribution in [2.75, 3.05) is 10.6 Å². The Bertz CT molecular complexity index is 1100. The van der Waals surface area contributed by atoms with E-state index in [0.717, 1.165) is 17.0 Å². The van der Waals surface area contributed by atoms with Gasteiger partial charge in [0.05, 0.1) is 11.1 Å². The Balaban J connectivity index is 1.71. The zero-order valence-electron chi connectivity index (χ0n) is 15.4. The van der Waals surface area contributed by atoms with Gasteiger partial charge in [-0.2, -0.15) is 23.3 Å². The van der Waals surface area contributed by atoms with Crippen molar-refractivity contribution in [3.8, 4) is 0 Å². The lowest BCUT2D eigenvalue weighted by Crippen LogP contribution is -2.31. The minimum absolute atomic E-state index is 0.0654. The topological polar surface area (TPSA) is 71.8 Å². The summed E-state index contributed by atoms with van der Waals surface area (Å²) in [5.74, 6) is 0.543. The molecule has 0 radical (unpaired) electrons. The SMILES string of the molecule is CC1=C(C(=O)Nc2cccc(C(F)(F)F)c2)C(c2cccs2)n2nc(C)nc2N1. The molecule has 0 saturated heterocycles. The Labute approximate surface area is 168 Å². The smallest absolute Gasteiger partial charge is 0.328 e. The van der Waals surface area contributed by atoms with Gasteiger partial charge < -0.3 is 10.6 Å². The number of benzene rings is 1. The van der Waals surface area contributed by atoms with Gasteiger partial charge in [-0.25, -0.2) is 4.68 Å². The number of nitrogens with zero attached hydrogens (tertiary/aromatic N) is 3. The molecule has 0 saturated carbocycles. The molecular formula is C19H16F3N5OS. The van der Waals surface area contributed by atoms with Gasteiger partial charge in [-0.15, -0.1) is 11.3 Å². The van der Waals surface area contributed by atoms with E-state index >= 15 is 0 Å². The van der Waals surface area contributed by atoms with Crippen LogP contribution in [0.3, 0.4) is 0 Å². The fourth-order valence-corrected chi connectivity index (χ4v) is 4.05. The van der Waals surface area contributed by atoms with Gasteiger partial charge in [0.25, 0.3) is 5.91 Å². The molecule has 1 aliphatic heterocycles. The number of aromatic nitrogens is 3. The normalized spacial score (nSPS) is 16.4. The maximum absolute atomic E-state index is 13.1. The van der Waals surface area contributed by atoms with Gasteiger partial charge in [-0.1, -0.05) is 12.1 Å². The fourth-order valence-electron chi connectivity index (χ4n) is 3.23. The van der Waals surface area contributed by atoms with Crippen molar-refractivity contribution in [1.82, 2.24) is 14.8 Å². The monoisotopic (exact) mass is 419 g/mol. The molecule has 3 heterocycles. The van der Waals surface area contributed by atoms with E-state index in [-0.39, 0.29) is 5.69 Å². The third-order valence-electron chi connectivity index (χ3n) is 4.46. The zero-order chi connectivity index (χ0) is 20.8. The van der Waals surface area contributed by atoms with Crippen LogP contribution in [0.2, 0.25) is 0 Å².